The second-order valence-corrected chi connectivity index (χ2v) is 8.68. The van der Waals surface area contributed by atoms with Gasteiger partial charge < -0.3 is 26.0 Å². The number of thioether (sulfide) groups is 1. The van der Waals surface area contributed by atoms with Crippen molar-refractivity contribution in [3.63, 3.8) is 0 Å². The van der Waals surface area contributed by atoms with E-state index >= 15 is 0 Å². The van der Waals surface area contributed by atoms with Crippen molar-refractivity contribution < 1.29 is 14.3 Å². The number of ether oxygens (including phenoxy) is 1. The largest absolute Gasteiger partial charge is 0.468 e. The normalized spacial score (nSPS) is 15.0. The number of thiol groups is 1. The van der Waals surface area contributed by atoms with Crippen molar-refractivity contribution in [2.45, 2.75) is 73.3 Å². The molecule has 0 radical (unpaired) electrons. The summed E-state index contributed by atoms with van der Waals surface area (Å²) in [4.78, 5) is 22.2. The fourth-order valence-corrected chi connectivity index (χ4v) is 2.36. The third kappa shape index (κ3) is 36.3. The van der Waals surface area contributed by atoms with E-state index in [9.17, 15) is 9.59 Å². The Morgan fingerprint density at radius 2 is 1.85 bits per heavy atom. The van der Waals surface area contributed by atoms with E-state index in [2.05, 4.69) is 66.8 Å². The van der Waals surface area contributed by atoms with Crippen LogP contribution in [0.4, 0.5) is 0 Å². The average Bonchev–Trinajstić information content (AvgIpc) is 3.34. The highest BCUT2D eigenvalue weighted by atomic mass is 32.2. The lowest BCUT2D eigenvalue weighted by atomic mass is 10.1. The lowest BCUT2D eigenvalue weighted by molar-refractivity contribution is -0.140. The fourth-order valence-electron chi connectivity index (χ4n) is 2.24. The average molecular weight is 513 g/mol. The van der Waals surface area contributed by atoms with Gasteiger partial charge in [0.15, 0.2) is 0 Å². The van der Waals surface area contributed by atoms with E-state index in [-0.39, 0.29) is 12.6 Å². The molecule has 1 heterocycles. The third-order valence-electron chi connectivity index (χ3n) is 4.54. The molecule has 1 aliphatic rings. The first-order valence-corrected chi connectivity index (χ1v) is 14.4. The highest BCUT2D eigenvalue weighted by Crippen LogP contribution is 2.17. The Bertz CT molecular complexity index is 374. The Balaban J connectivity index is -0.000000196. The molecular formula is C24H56N4O3S2. The van der Waals surface area contributed by atoms with Gasteiger partial charge in [0.05, 0.1) is 7.11 Å². The van der Waals surface area contributed by atoms with Crippen LogP contribution in [0, 0.1) is 5.92 Å². The Kier molecular flexibility index (Phi) is 43.4. The summed E-state index contributed by atoms with van der Waals surface area (Å²) in [5.41, 5.74) is 5.76. The van der Waals surface area contributed by atoms with Crippen molar-refractivity contribution in [2.24, 2.45) is 11.7 Å². The second kappa shape index (κ2) is 36.1. The van der Waals surface area contributed by atoms with Crippen LogP contribution in [-0.4, -0.2) is 87.5 Å². The summed E-state index contributed by atoms with van der Waals surface area (Å²) < 4.78 is 4.19. The third-order valence-corrected chi connectivity index (χ3v) is 5.59. The highest BCUT2D eigenvalue weighted by Gasteiger charge is 2.19. The molecule has 0 saturated carbocycles. The van der Waals surface area contributed by atoms with Crippen molar-refractivity contribution in [1.29, 1.82) is 0 Å². The fraction of sp³-hybridized carbons (Fsp3) is 0.917. The second-order valence-electron chi connectivity index (χ2n) is 7.16. The predicted molar refractivity (Wildman–Crippen MR) is 152 cm³/mol. The number of nitrogens with two attached hydrogens (primary N) is 1. The van der Waals surface area contributed by atoms with Gasteiger partial charge in [0.2, 0.25) is 6.41 Å². The Labute approximate surface area is 215 Å². The first-order chi connectivity index (χ1) is 15.9. The molecule has 1 rings (SSSR count). The number of esters is 1. The van der Waals surface area contributed by atoms with Crippen LogP contribution in [0.1, 0.15) is 67.2 Å². The van der Waals surface area contributed by atoms with Gasteiger partial charge in [-0.25, -0.2) is 0 Å². The van der Waals surface area contributed by atoms with Gasteiger partial charge in [0, 0.05) is 38.0 Å². The molecule has 4 N–H and O–H groups in total. The monoisotopic (exact) mass is 512 g/mol. The SMILES string of the molecule is CC.CCCC.CCSC.CC[C@H]1CCN(CCNCC(N)CS)C1.COC(=O)CNC=O. The number of carbonyl (C=O) groups excluding carboxylic acids is 2. The van der Waals surface area contributed by atoms with Gasteiger partial charge >= 0.3 is 5.97 Å². The van der Waals surface area contributed by atoms with E-state index in [1.54, 1.807) is 0 Å². The summed E-state index contributed by atoms with van der Waals surface area (Å²) >= 11 is 6.01. The van der Waals surface area contributed by atoms with Crippen LogP contribution in [0.25, 0.3) is 0 Å². The number of nitrogens with zero attached hydrogens (tertiary/aromatic N) is 1. The van der Waals surface area contributed by atoms with Crippen molar-refractivity contribution in [1.82, 2.24) is 15.5 Å². The lowest BCUT2D eigenvalue weighted by Gasteiger charge is -2.17. The van der Waals surface area contributed by atoms with Gasteiger partial charge in [-0.05, 0) is 30.9 Å². The zero-order chi connectivity index (χ0) is 26.3. The molecule has 0 aromatic carbocycles. The van der Waals surface area contributed by atoms with Crippen molar-refractivity contribution in [2.75, 3.05) is 64.1 Å². The molecule has 202 valence electrons. The quantitative estimate of drug-likeness (QED) is 0.137. The summed E-state index contributed by atoms with van der Waals surface area (Å²) in [5.74, 6) is 2.48. The van der Waals surface area contributed by atoms with E-state index in [0.717, 1.165) is 31.3 Å². The summed E-state index contributed by atoms with van der Waals surface area (Å²) in [6, 6.07) is 0.190. The van der Waals surface area contributed by atoms with Gasteiger partial charge in [0.1, 0.15) is 6.54 Å². The number of likely N-dealkylation sites (tertiary alicyclic amines) is 1. The van der Waals surface area contributed by atoms with E-state index < -0.39 is 5.97 Å². The topological polar surface area (TPSA) is 96.7 Å². The zero-order valence-corrected chi connectivity index (χ0v) is 24.5. The van der Waals surface area contributed by atoms with Gasteiger partial charge in [0.25, 0.3) is 0 Å². The number of carbonyl (C=O) groups is 2. The van der Waals surface area contributed by atoms with Crippen molar-refractivity contribution in [3.05, 3.63) is 0 Å². The lowest BCUT2D eigenvalue weighted by Crippen LogP contribution is -2.38. The van der Waals surface area contributed by atoms with E-state index in [1.165, 1.54) is 51.6 Å². The Hall–Kier alpha value is -0.480. The van der Waals surface area contributed by atoms with Crippen LogP contribution in [0.2, 0.25) is 0 Å². The minimum Gasteiger partial charge on any atom is -0.468 e. The molecular weight excluding hydrogens is 456 g/mol. The molecule has 1 saturated heterocycles. The molecule has 0 aliphatic carbocycles. The van der Waals surface area contributed by atoms with Crippen LogP contribution in [0.5, 0.6) is 0 Å². The summed E-state index contributed by atoms with van der Waals surface area (Å²) in [6.07, 6.45) is 7.89. The highest BCUT2D eigenvalue weighted by molar-refractivity contribution is 7.98. The number of nitrogens with one attached hydrogen (secondary N) is 2. The molecule has 1 unspecified atom stereocenters. The minimum absolute atomic E-state index is 0.0556. The van der Waals surface area contributed by atoms with Gasteiger partial charge in [-0.1, -0.05) is 60.8 Å². The van der Waals surface area contributed by atoms with E-state index in [4.69, 9.17) is 5.73 Å². The number of unbranched alkanes of at least 4 members (excludes halogenated alkanes) is 1. The molecule has 1 amide bonds. The van der Waals surface area contributed by atoms with E-state index in [1.807, 2.05) is 25.6 Å². The van der Waals surface area contributed by atoms with Gasteiger partial charge in [-0.15, -0.1) is 0 Å². The van der Waals surface area contributed by atoms with Crippen LogP contribution >= 0.6 is 24.4 Å². The Morgan fingerprint density at radius 3 is 2.21 bits per heavy atom. The molecule has 0 aromatic heterocycles. The van der Waals surface area contributed by atoms with Crippen LogP contribution in [0.15, 0.2) is 0 Å². The van der Waals surface area contributed by atoms with Gasteiger partial charge in [-0.3, -0.25) is 9.59 Å². The molecule has 0 bridgehead atoms. The van der Waals surface area contributed by atoms with Crippen molar-refractivity contribution in [3.8, 4) is 0 Å². The van der Waals surface area contributed by atoms with Gasteiger partial charge in [-0.2, -0.15) is 24.4 Å². The van der Waals surface area contributed by atoms with Crippen LogP contribution in [-0.2, 0) is 14.3 Å². The summed E-state index contributed by atoms with van der Waals surface area (Å²) in [5, 5.41) is 5.52. The first kappa shape index (κ1) is 39.7. The number of rotatable bonds is 12. The maximum atomic E-state index is 10.1. The number of hydrogen-bond acceptors (Lipinski definition) is 8. The number of methoxy groups -OCH3 is 1. The molecule has 7 nitrogen and oxygen atoms in total. The maximum absolute atomic E-state index is 10.1. The van der Waals surface area contributed by atoms with Crippen LogP contribution < -0.4 is 16.4 Å². The van der Waals surface area contributed by atoms with E-state index in [0.29, 0.717) is 6.41 Å². The zero-order valence-electron chi connectivity index (χ0n) is 22.8. The summed E-state index contributed by atoms with van der Waals surface area (Å²) in [6.45, 7) is 18.4. The maximum Gasteiger partial charge on any atom is 0.325 e. The standard InChI is InChI=1S/C11H25N3S.C4H7NO3.C4H10.C3H8S.C2H6/c1-2-10-3-5-14(8-10)6-4-13-7-11(12)9-15;1-8-4(7)2-5-3-6;2*1-3-4-2;1-2/h10-11,13,15H,2-9,12H2,1H3;3H,2H2,1H3,(H,5,6);3-4H2,1-2H3;3H2,1-2H3;1-2H3/t10-,11?;;;;/m0..../s1. The van der Waals surface area contributed by atoms with Crippen LogP contribution in [0.3, 0.4) is 0 Å². The molecule has 2 atom stereocenters. The smallest absolute Gasteiger partial charge is 0.325 e. The number of hydrogen-bond donors (Lipinski definition) is 4. The first-order valence-electron chi connectivity index (χ1n) is 12.4. The van der Waals surface area contributed by atoms with Crippen molar-refractivity contribution >= 4 is 36.8 Å². The molecule has 0 aromatic rings. The minimum atomic E-state index is -0.447. The molecule has 1 aliphatic heterocycles. The predicted octanol–water partition coefficient (Wildman–Crippen LogP) is 3.67. The summed E-state index contributed by atoms with van der Waals surface area (Å²) in [7, 11) is 1.26. The molecule has 9 heteroatoms. The molecule has 0 spiro atoms. The Morgan fingerprint density at radius 1 is 1.27 bits per heavy atom. The molecule has 33 heavy (non-hydrogen) atoms. The number of amides is 1. The molecule has 1 fully saturated rings.